The second-order valence-electron chi connectivity index (χ2n) is 10.9. The molecule has 2 fully saturated rings. The monoisotopic (exact) mass is 478 g/mol. The van der Waals surface area contributed by atoms with Gasteiger partial charge in [0.25, 0.3) is 5.91 Å². The summed E-state index contributed by atoms with van der Waals surface area (Å²) >= 11 is 6.52. The van der Waals surface area contributed by atoms with Gasteiger partial charge in [0.05, 0.1) is 21.8 Å². The predicted molar refractivity (Wildman–Crippen MR) is 130 cm³/mol. The molecule has 0 atom stereocenters. The number of nitrogens with zero attached hydrogens (tertiary/aromatic N) is 2. The SMILES string of the molecule is CN(C(=O)OC(C)(C)C)C1CCN(C(=O)c2ccc(B3OC(C)(C)C(C)(C)O3)cc2Cl)CC1. The van der Waals surface area contributed by atoms with Crippen molar-refractivity contribution >= 4 is 36.2 Å². The van der Waals surface area contributed by atoms with Crippen LogP contribution in [-0.2, 0) is 14.0 Å². The molecular weight excluding hydrogens is 443 g/mol. The van der Waals surface area contributed by atoms with Gasteiger partial charge in [0, 0.05) is 26.2 Å². The third-order valence-corrected chi connectivity index (χ3v) is 7.04. The first-order valence-electron chi connectivity index (χ1n) is 11.5. The van der Waals surface area contributed by atoms with Gasteiger partial charge in [0.1, 0.15) is 5.60 Å². The van der Waals surface area contributed by atoms with Crippen molar-refractivity contribution in [3.8, 4) is 0 Å². The van der Waals surface area contributed by atoms with Gasteiger partial charge < -0.3 is 23.8 Å². The van der Waals surface area contributed by atoms with Crippen molar-refractivity contribution in [1.29, 1.82) is 0 Å². The van der Waals surface area contributed by atoms with Crippen LogP contribution in [0.3, 0.4) is 0 Å². The molecule has 2 aliphatic heterocycles. The molecule has 0 radical (unpaired) electrons. The summed E-state index contributed by atoms with van der Waals surface area (Å²) in [5.41, 5.74) is -0.195. The smallest absolute Gasteiger partial charge is 0.444 e. The van der Waals surface area contributed by atoms with Crippen molar-refractivity contribution in [2.24, 2.45) is 0 Å². The highest BCUT2D eigenvalue weighted by atomic mass is 35.5. The number of rotatable bonds is 3. The van der Waals surface area contributed by atoms with E-state index >= 15 is 0 Å². The number of hydrogen-bond donors (Lipinski definition) is 0. The number of likely N-dealkylation sites (tertiary alicyclic amines) is 1. The fourth-order valence-electron chi connectivity index (χ4n) is 3.94. The van der Waals surface area contributed by atoms with E-state index in [0.717, 1.165) is 5.46 Å². The molecule has 0 saturated carbocycles. The number of hydrogen-bond acceptors (Lipinski definition) is 5. The van der Waals surface area contributed by atoms with E-state index in [1.54, 1.807) is 29.0 Å². The molecule has 182 valence electrons. The standard InChI is InChI=1S/C24H36BClN2O5/c1-22(2,3)31-21(30)27(8)17-11-13-28(14-12-17)20(29)18-10-9-16(15-19(18)26)25-32-23(4,5)24(6,7)33-25/h9-10,15,17H,11-14H2,1-8H3. The lowest BCUT2D eigenvalue weighted by Crippen LogP contribution is -2.48. The predicted octanol–water partition coefficient (Wildman–Crippen LogP) is 4.11. The highest BCUT2D eigenvalue weighted by Crippen LogP contribution is 2.36. The highest BCUT2D eigenvalue weighted by molar-refractivity contribution is 6.62. The second-order valence-corrected chi connectivity index (χ2v) is 11.3. The van der Waals surface area contributed by atoms with Gasteiger partial charge in [0.15, 0.2) is 0 Å². The molecule has 9 heteroatoms. The number of amides is 2. The molecule has 3 rings (SSSR count). The number of halogens is 1. The van der Waals surface area contributed by atoms with Crippen LogP contribution in [0.1, 0.15) is 71.7 Å². The van der Waals surface area contributed by atoms with Crippen LogP contribution in [0.25, 0.3) is 0 Å². The van der Waals surface area contributed by atoms with Crippen LogP contribution < -0.4 is 5.46 Å². The Morgan fingerprint density at radius 1 is 1.12 bits per heavy atom. The van der Waals surface area contributed by atoms with E-state index in [1.165, 1.54) is 0 Å². The largest absolute Gasteiger partial charge is 0.494 e. The van der Waals surface area contributed by atoms with Crippen LogP contribution >= 0.6 is 11.6 Å². The number of benzene rings is 1. The van der Waals surface area contributed by atoms with Crippen LogP contribution in [0.5, 0.6) is 0 Å². The van der Waals surface area contributed by atoms with Gasteiger partial charge in [-0.05, 0) is 78.9 Å². The maximum Gasteiger partial charge on any atom is 0.494 e. The Balaban J connectivity index is 1.62. The molecule has 0 aliphatic carbocycles. The average Bonchev–Trinajstić information content (AvgIpc) is 2.93. The average molecular weight is 479 g/mol. The zero-order valence-electron chi connectivity index (χ0n) is 21.0. The van der Waals surface area contributed by atoms with Gasteiger partial charge in [-0.3, -0.25) is 4.79 Å². The van der Waals surface area contributed by atoms with Crippen molar-refractivity contribution in [1.82, 2.24) is 9.80 Å². The number of piperidine rings is 1. The molecule has 0 bridgehead atoms. The third kappa shape index (κ3) is 5.66. The quantitative estimate of drug-likeness (QED) is 0.612. The Labute approximate surface area is 202 Å². The second kappa shape index (κ2) is 9.12. The molecule has 7 nitrogen and oxygen atoms in total. The summed E-state index contributed by atoms with van der Waals surface area (Å²) in [5, 5.41) is 0.375. The molecule has 0 aromatic heterocycles. The normalized spacial score (nSPS) is 20.6. The summed E-state index contributed by atoms with van der Waals surface area (Å²) < 4.78 is 17.6. The van der Waals surface area contributed by atoms with E-state index in [1.807, 2.05) is 54.5 Å². The van der Waals surface area contributed by atoms with E-state index in [0.29, 0.717) is 36.5 Å². The molecule has 33 heavy (non-hydrogen) atoms. The fraction of sp³-hybridized carbons (Fsp3) is 0.667. The minimum Gasteiger partial charge on any atom is -0.444 e. The van der Waals surface area contributed by atoms with Gasteiger partial charge in [-0.15, -0.1) is 0 Å². The van der Waals surface area contributed by atoms with Crippen LogP contribution in [0.2, 0.25) is 5.02 Å². The zero-order chi connectivity index (χ0) is 24.8. The van der Waals surface area contributed by atoms with Gasteiger partial charge >= 0.3 is 13.2 Å². The molecular formula is C24H36BClN2O5. The van der Waals surface area contributed by atoms with Gasteiger partial charge in [-0.2, -0.15) is 0 Å². The minimum atomic E-state index is -0.537. The van der Waals surface area contributed by atoms with Crippen molar-refractivity contribution in [3.63, 3.8) is 0 Å². The van der Waals surface area contributed by atoms with E-state index in [4.69, 9.17) is 25.6 Å². The Hall–Kier alpha value is -1.77. The summed E-state index contributed by atoms with van der Waals surface area (Å²) in [6.45, 7) is 14.6. The molecule has 2 aliphatic rings. The van der Waals surface area contributed by atoms with Gasteiger partial charge in [-0.1, -0.05) is 17.7 Å². The lowest BCUT2D eigenvalue weighted by atomic mass is 9.79. The Morgan fingerprint density at radius 3 is 2.15 bits per heavy atom. The van der Waals surface area contributed by atoms with E-state index in [2.05, 4.69) is 0 Å². The van der Waals surface area contributed by atoms with Crippen molar-refractivity contribution in [2.45, 2.75) is 84.2 Å². The first kappa shape index (κ1) is 25.9. The van der Waals surface area contributed by atoms with Crippen molar-refractivity contribution < 1.29 is 23.6 Å². The molecule has 2 heterocycles. The first-order chi connectivity index (χ1) is 15.1. The fourth-order valence-corrected chi connectivity index (χ4v) is 4.21. The summed E-state index contributed by atoms with van der Waals surface area (Å²) in [5.74, 6) is -0.112. The maximum atomic E-state index is 13.1. The molecule has 0 unspecified atom stereocenters. The Bertz CT molecular complexity index is 891. The molecule has 0 N–H and O–H groups in total. The minimum absolute atomic E-state index is 0.0325. The highest BCUT2D eigenvalue weighted by Gasteiger charge is 2.51. The molecule has 0 spiro atoms. The summed E-state index contributed by atoms with van der Waals surface area (Å²) in [6, 6.07) is 5.36. The molecule has 1 aromatic rings. The first-order valence-corrected chi connectivity index (χ1v) is 11.9. The van der Waals surface area contributed by atoms with E-state index in [-0.39, 0.29) is 18.0 Å². The van der Waals surface area contributed by atoms with Crippen molar-refractivity contribution in [2.75, 3.05) is 20.1 Å². The number of carbonyl (C=O) groups excluding carboxylic acids is 2. The van der Waals surface area contributed by atoms with Crippen molar-refractivity contribution in [3.05, 3.63) is 28.8 Å². The van der Waals surface area contributed by atoms with Crippen LogP contribution in [0.15, 0.2) is 18.2 Å². The number of ether oxygens (including phenoxy) is 1. The molecule has 2 saturated heterocycles. The lowest BCUT2D eigenvalue weighted by Gasteiger charge is -2.37. The summed E-state index contributed by atoms with van der Waals surface area (Å²) in [4.78, 5) is 28.9. The van der Waals surface area contributed by atoms with Crippen LogP contribution in [0.4, 0.5) is 4.79 Å². The van der Waals surface area contributed by atoms with Crippen LogP contribution in [-0.4, -0.2) is 71.9 Å². The van der Waals surface area contributed by atoms with Crippen LogP contribution in [0, 0.1) is 0 Å². The lowest BCUT2D eigenvalue weighted by molar-refractivity contribution is 0.00578. The third-order valence-electron chi connectivity index (χ3n) is 6.73. The topological polar surface area (TPSA) is 68.3 Å². The summed E-state index contributed by atoms with van der Waals surface area (Å²) in [6.07, 6.45) is 1.03. The maximum absolute atomic E-state index is 13.1. The summed E-state index contributed by atoms with van der Waals surface area (Å²) in [7, 11) is 1.22. The van der Waals surface area contributed by atoms with E-state index < -0.39 is 23.9 Å². The Kier molecular flexibility index (Phi) is 7.14. The zero-order valence-corrected chi connectivity index (χ0v) is 21.8. The van der Waals surface area contributed by atoms with E-state index in [9.17, 15) is 9.59 Å². The van der Waals surface area contributed by atoms with Gasteiger partial charge in [-0.25, -0.2) is 4.79 Å². The molecule has 2 amide bonds. The number of carbonyl (C=O) groups is 2. The van der Waals surface area contributed by atoms with Gasteiger partial charge in [0.2, 0.25) is 0 Å². The Morgan fingerprint density at radius 2 is 1.67 bits per heavy atom. The molecule has 1 aromatic carbocycles.